The molecule has 4 atom stereocenters. The molecule has 0 amide bonds. The predicted octanol–water partition coefficient (Wildman–Crippen LogP) is 2.68. The molecule has 0 aliphatic carbocycles. The van der Waals surface area contributed by atoms with Crippen molar-refractivity contribution in [3.05, 3.63) is 46.3 Å². The first-order valence-corrected chi connectivity index (χ1v) is 6.11. The van der Waals surface area contributed by atoms with Gasteiger partial charge in [-0.25, -0.2) is 0 Å². The summed E-state index contributed by atoms with van der Waals surface area (Å²) >= 11 is 0. The van der Waals surface area contributed by atoms with E-state index in [2.05, 4.69) is 10.0 Å². The minimum absolute atomic E-state index is 0.489. The molecule has 1 saturated heterocycles. The number of nitrogens with zero attached hydrogens (tertiary/aromatic N) is 3. The van der Waals surface area contributed by atoms with E-state index in [0.717, 1.165) is 0 Å². The highest BCUT2D eigenvalue weighted by atomic mass is 16.8. The summed E-state index contributed by atoms with van der Waals surface area (Å²) in [6.45, 7) is 5.07. The molecule has 1 aromatic carbocycles. The number of benzene rings is 1. The molecule has 1 heterocycles. The van der Waals surface area contributed by atoms with Crippen molar-refractivity contribution in [1.29, 1.82) is 0 Å². The van der Waals surface area contributed by atoms with Crippen molar-refractivity contribution in [1.82, 2.24) is 0 Å². The molecule has 0 bridgehead atoms. The van der Waals surface area contributed by atoms with Crippen molar-refractivity contribution < 1.29 is 14.6 Å². The van der Waals surface area contributed by atoms with Crippen molar-refractivity contribution in [2.45, 2.75) is 44.5 Å². The maximum Gasteiger partial charge on any atom is 0.208 e. The average Bonchev–Trinajstić information content (AvgIpc) is 2.38. The van der Waals surface area contributed by atoms with E-state index < -0.39 is 23.7 Å². The molecule has 1 aliphatic heterocycles. The number of rotatable bonds is 2. The van der Waals surface area contributed by atoms with E-state index in [1.165, 1.54) is 0 Å². The fraction of sp³-hybridized carbons (Fsp3) is 0.538. The van der Waals surface area contributed by atoms with Gasteiger partial charge >= 0.3 is 0 Å². The summed E-state index contributed by atoms with van der Waals surface area (Å²) in [7, 11) is 0. The summed E-state index contributed by atoms with van der Waals surface area (Å²) in [5, 5.41) is 14.7. The predicted molar refractivity (Wildman–Crippen MR) is 69.0 cm³/mol. The Morgan fingerprint density at radius 1 is 1.32 bits per heavy atom. The lowest BCUT2D eigenvalue weighted by molar-refractivity contribution is -0.382. The third-order valence-electron chi connectivity index (χ3n) is 3.63. The van der Waals surface area contributed by atoms with Gasteiger partial charge in [-0.15, -0.1) is 0 Å². The molecular formula is C13H17N3O3. The highest BCUT2D eigenvalue weighted by molar-refractivity contribution is 5.26. The van der Waals surface area contributed by atoms with E-state index >= 15 is 0 Å². The first-order chi connectivity index (χ1) is 8.94. The molecule has 0 aromatic heterocycles. The summed E-state index contributed by atoms with van der Waals surface area (Å²) in [6.07, 6.45) is -1.08. The number of hydrogen-bond donors (Lipinski definition) is 1. The number of aliphatic hydroxyl groups is 1. The molecule has 1 fully saturated rings. The quantitative estimate of drug-likeness (QED) is 0.505. The average molecular weight is 263 g/mol. The second-order valence-electron chi connectivity index (χ2n) is 4.81. The van der Waals surface area contributed by atoms with Crippen LogP contribution in [0.15, 0.2) is 35.4 Å². The van der Waals surface area contributed by atoms with Crippen LogP contribution in [-0.4, -0.2) is 23.0 Å². The summed E-state index contributed by atoms with van der Waals surface area (Å²) < 4.78 is 11.1. The van der Waals surface area contributed by atoms with Gasteiger partial charge in [0.15, 0.2) is 6.29 Å². The molecule has 1 aliphatic rings. The molecule has 6 heteroatoms. The summed E-state index contributed by atoms with van der Waals surface area (Å²) in [4.78, 5) is 2.83. The smallest absolute Gasteiger partial charge is 0.208 e. The van der Waals surface area contributed by atoms with Gasteiger partial charge in [-0.1, -0.05) is 35.4 Å². The van der Waals surface area contributed by atoms with Gasteiger partial charge in [0.05, 0.1) is 6.10 Å². The van der Waals surface area contributed by atoms with E-state index in [4.69, 9.17) is 15.0 Å². The van der Waals surface area contributed by atoms with Gasteiger partial charge in [0.2, 0.25) is 5.79 Å². The Labute approximate surface area is 111 Å². The summed E-state index contributed by atoms with van der Waals surface area (Å²) in [5.41, 5.74) is 8.06. The second-order valence-corrected chi connectivity index (χ2v) is 4.81. The van der Waals surface area contributed by atoms with Gasteiger partial charge in [-0.05, 0) is 26.3 Å². The Morgan fingerprint density at radius 3 is 2.53 bits per heavy atom. The minimum atomic E-state index is -1.72. The molecule has 6 nitrogen and oxygen atoms in total. The summed E-state index contributed by atoms with van der Waals surface area (Å²) in [6, 6.07) is 8.88. The van der Waals surface area contributed by atoms with Crippen LogP contribution in [0.3, 0.4) is 0 Å². The molecule has 102 valence electrons. The lowest BCUT2D eigenvalue weighted by Gasteiger charge is -2.50. The highest BCUT2D eigenvalue weighted by Crippen LogP contribution is 2.45. The molecule has 2 rings (SSSR count). The van der Waals surface area contributed by atoms with Gasteiger partial charge in [-0.3, -0.25) is 0 Å². The van der Waals surface area contributed by atoms with Crippen molar-refractivity contribution in [3.8, 4) is 0 Å². The maximum atomic E-state index is 11.0. The Balaban J connectivity index is 2.58. The van der Waals surface area contributed by atoms with Crippen LogP contribution in [0.4, 0.5) is 0 Å². The number of ether oxygens (including phenoxy) is 2. The summed E-state index contributed by atoms with van der Waals surface area (Å²) in [5.74, 6) is -1.72. The molecule has 1 aromatic rings. The number of azide groups is 1. The molecular weight excluding hydrogens is 246 g/mol. The zero-order valence-electron chi connectivity index (χ0n) is 11.1. The van der Waals surface area contributed by atoms with Gasteiger partial charge in [0.1, 0.15) is 5.54 Å². The Morgan fingerprint density at radius 2 is 1.95 bits per heavy atom. The number of hydrogen-bond acceptors (Lipinski definition) is 4. The van der Waals surface area contributed by atoms with Gasteiger partial charge in [-0.2, -0.15) is 0 Å². The lowest BCUT2D eigenvalue weighted by Crippen LogP contribution is -2.62. The molecule has 0 unspecified atom stereocenters. The van der Waals surface area contributed by atoms with E-state index in [1.54, 1.807) is 45.0 Å². The molecule has 0 saturated carbocycles. The van der Waals surface area contributed by atoms with E-state index in [9.17, 15) is 5.11 Å². The normalized spacial score (nSPS) is 38.5. The van der Waals surface area contributed by atoms with E-state index in [-0.39, 0.29) is 0 Å². The lowest BCUT2D eigenvalue weighted by atomic mass is 9.81. The van der Waals surface area contributed by atoms with Gasteiger partial charge in [0.25, 0.3) is 0 Å². The Kier molecular flexibility index (Phi) is 3.52. The zero-order valence-corrected chi connectivity index (χ0v) is 11.1. The maximum absolute atomic E-state index is 11.0. The van der Waals surface area contributed by atoms with Crippen LogP contribution in [0.5, 0.6) is 0 Å². The molecule has 1 N–H and O–H groups in total. The van der Waals surface area contributed by atoms with Crippen molar-refractivity contribution in [2.75, 3.05) is 0 Å². The standard InChI is InChI=1S/C13H17N3O3/c1-9-12(3,15-16-14)13(17,19-10(2)18-9)11-7-5-4-6-8-11/h4-10,17H,1-3H3/t9-,10-,12+,13+/m0/s1. The fourth-order valence-corrected chi connectivity index (χ4v) is 2.35. The molecule has 0 radical (unpaired) electrons. The first kappa shape index (κ1) is 13.8. The van der Waals surface area contributed by atoms with Crippen LogP contribution in [0, 0.1) is 0 Å². The molecule has 0 spiro atoms. The van der Waals surface area contributed by atoms with Crippen LogP contribution in [0.1, 0.15) is 26.3 Å². The first-order valence-electron chi connectivity index (χ1n) is 6.11. The Bertz CT molecular complexity index is 503. The van der Waals surface area contributed by atoms with Gasteiger partial charge < -0.3 is 14.6 Å². The SMILES string of the molecule is C[C@H]1O[C@@H](C)[C@@](C)(N=[N+]=[N-])[C@@](O)(c2ccccc2)O1. The van der Waals surface area contributed by atoms with Crippen molar-refractivity contribution in [2.24, 2.45) is 5.11 Å². The van der Waals surface area contributed by atoms with Crippen molar-refractivity contribution in [3.63, 3.8) is 0 Å². The van der Waals surface area contributed by atoms with Gasteiger partial charge in [0, 0.05) is 10.5 Å². The topological polar surface area (TPSA) is 87.5 Å². The monoisotopic (exact) mass is 263 g/mol. The van der Waals surface area contributed by atoms with E-state index in [1.807, 2.05) is 6.07 Å². The largest absolute Gasteiger partial charge is 0.361 e. The Hall–Kier alpha value is -1.59. The second kappa shape index (κ2) is 4.83. The third-order valence-corrected chi connectivity index (χ3v) is 3.63. The van der Waals surface area contributed by atoms with Crippen LogP contribution in [0.25, 0.3) is 10.4 Å². The third kappa shape index (κ3) is 2.09. The molecule has 19 heavy (non-hydrogen) atoms. The van der Waals surface area contributed by atoms with E-state index in [0.29, 0.717) is 5.56 Å². The minimum Gasteiger partial charge on any atom is -0.361 e. The van der Waals surface area contributed by atoms with Crippen LogP contribution in [0.2, 0.25) is 0 Å². The zero-order chi connectivity index (χ0) is 14.1. The van der Waals surface area contributed by atoms with Crippen LogP contribution < -0.4 is 0 Å². The van der Waals surface area contributed by atoms with Crippen molar-refractivity contribution >= 4 is 0 Å². The van der Waals surface area contributed by atoms with Crippen LogP contribution >= 0.6 is 0 Å². The highest BCUT2D eigenvalue weighted by Gasteiger charge is 2.57. The fourth-order valence-electron chi connectivity index (χ4n) is 2.35. The van der Waals surface area contributed by atoms with Crippen LogP contribution in [-0.2, 0) is 15.3 Å².